The van der Waals surface area contributed by atoms with Crippen LogP contribution in [-0.2, 0) is 17.8 Å². The molecule has 6 nitrogen and oxygen atoms in total. The SMILES string of the molecule is Cc1csc(C(Cc2cccs2)NC(=O)Cn2nc(C)ccc2=O)n1. The van der Waals surface area contributed by atoms with Crippen molar-refractivity contribution in [3.63, 3.8) is 0 Å². The van der Waals surface area contributed by atoms with Crippen LogP contribution < -0.4 is 10.9 Å². The Morgan fingerprint density at radius 2 is 2.08 bits per heavy atom. The van der Waals surface area contributed by atoms with Gasteiger partial charge in [-0.2, -0.15) is 5.10 Å². The second-order valence-corrected chi connectivity index (χ2v) is 7.62. The molecule has 0 saturated heterocycles. The lowest BCUT2D eigenvalue weighted by Crippen LogP contribution is -2.36. The molecule has 130 valence electrons. The van der Waals surface area contributed by atoms with Crippen molar-refractivity contribution in [2.45, 2.75) is 32.9 Å². The van der Waals surface area contributed by atoms with Gasteiger partial charge in [0.25, 0.3) is 5.56 Å². The van der Waals surface area contributed by atoms with Crippen LogP contribution in [0.15, 0.2) is 39.8 Å². The monoisotopic (exact) mass is 374 g/mol. The lowest BCUT2D eigenvalue weighted by atomic mass is 10.2. The summed E-state index contributed by atoms with van der Waals surface area (Å²) in [5, 5.41) is 11.9. The number of carbonyl (C=O) groups is 1. The molecule has 3 aromatic heterocycles. The Bertz CT molecular complexity index is 915. The minimum absolute atomic E-state index is 0.105. The fourth-order valence-corrected chi connectivity index (χ4v) is 4.00. The number of hydrogen-bond acceptors (Lipinski definition) is 6. The largest absolute Gasteiger partial charge is 0.345 e. The molecule has 0 radical (unpaired) electrons. The molecule has 1 atom stereocenters. The molecule has 0 aliphatic carbocycles. The number of aryl methyl sites for hydroxylation is 2. The van der Waals surface area contributed by atoms with Gasteiger partial charge in [-0.15, -0.1) is 22.7 Å². The standard InChI is InChI=1S/C17H18N4O2S2/c1-11-5-6-16(23)21(20-11)9-15(22)19-14(8-13-4-3-7-24-13)17-18-12(2)10-25-17/h3-7,10,14H,8-9H2,1-2H3,(H,19,22). The van der Waals surface area contributed by atoms with Crippen LogP contribution in [0.4, 0.5) is 0 Å². The molecule has 0 spiro atoms. The zero-order valence-corrected chi connectivity index (χ0v) is 15.6. The van der Waals surface area contributed by atoms with Crippen molar-refractivity contribution < 1.29 is 4.79 Å². The predicted octanol–water partition coefficient (Wildman–Crippen LogP) is 2.48. The molecule has 1 unspecified atom stereocenters. The van der Waals surface area contributed by atoms with Gasteiger partial charge in [0.1, 0.15) is 11.6 Å². The van der Waals surface area contributed by atoms with Gasteiger partial charge < -0.3 is 5.32 Å². The Labute approximate surface area is 153 Å². The van der Waals surface area contributed by atoms with Gasteiger partial charge in [-0.25, -0.2) is 9.67 Å². The molecule has 25 heavy (non-hydrogen) atoms. The smallest absolute Gasteiger partial charge is 0.267 e. The van der Waals surface area contributed by atoms with Crippen molar-refractivity contribution in [1.29, 1.82) is 0 Å². The number of nitrogens with zero attached hydrogens (tertiary/aromatic N) is 3. The van der Waals surface area contributed by atoms with Gasteiger partial charge >= 0.3 is 0 Å². The molecular formula is C17H18N4O2S2. The Kier molecular flexibility index (Phi) is 5.40. The second kappa shape index (κ2) is 7.71. The van der Waals surface area contributed by atoms with Crippen LogP contribution in [0.1, 0.15) is 27.3 Å². The van der Waals surface area contributed by atoms with Gasteiger partial charge in [0.15, 0.2) is 0 Å². The van der Waals surface area contributed by atoms with Crippen LogP contribution in [0.5, 0.6) is 0 Å². The number of thiazole rings is 1. The van der Waals surface area contributed by atoms with E-state index in [4.69, 9.17) is 0 Å². The van der Waals surface area contributed by atoms with Crippen molar-refractivity contribution in [2.24, 2.45) is 0 Å². The molecule has 1 N–H and O–H groups in total. The topological polar surface area (TPSA) is 76.9 Å². The molecule has 0 saturated carbocycles. The highest BCUT2D eigenvalue weighted by atomic mass is 32.1. The number of thiophene rings is 1. The lowest BCUT2D eigenvalue weighted by molar-refractivity contribution is -0.122. The number of rotatable bonds is 6. The zero-order chi connectivity index (χ0) is 17.8. The number of aromatic nitrogens is 3. The van der Waals surface area contributed by atoms with Crippen molar-refractivity contribution in [3.05, 3.63) is 66.7 Å². The summed E-state index contributed by atoms with van der Waals surface area (Å²) < 4.78 is 1.18. The van der Waals surface area contributed by atoms with Crippen molar-refractivity contribution >= 4 is 28.6 Å². The zero-order valence-electron chi connectivity index (χ0n) is 13.9. The van der Waals surface area contributed by atoms with Gasteiger partial charge in [-0.3, -0.25) is 9.59 Å². The van der Waals surface area contributed by atoms with Gasteiger partial charge in [0.2, 0.25) is 5.91 Å². The maximum atomic E-state index is 12.5. The Balaban J connectivity index is 1.76. The van der Waals surface area contributed by atoms with Crippen LogP contribution in [-0.4, -0.2) is 20.7 Å². The van der Waals surface area contributed by atoms with E-state index in [0.717, 1.165) is 10.7 Å². The summed E-state index contributed by atoms with van der Waals surface area (Å²) in [7, 11) is 0. The molecule has 0 fully saturated rings. The first kappa shape index (κ1) is 17.5. The summed E-state index contributed by atoms with van der Waals surface area (Å²) in [5.74, 6) is -0.255. The molecule has 3 rings (SSSR count). The summed E-state index contributed by atoms with van der Waals surface area (Å²) in [6, 6.07) is 6.86. The summed E-state index contributed by atoms with van der Waals surface area (Å²) in [6.45, 7) is 3.61. The highest BCUT2D eigenvalue weighted by Crippen LogP contribution is 2.24. The van der Waals surface area contributed by atoms with Crippen molar-refractivity contribution in [1.82, 2.24) is 20.1 Å². The quantitative estimate of drug-likeness (QED) is 0.719. The predicted molar refractivity (Wildman–Crippen MR) is 99.0 cm³/mol. The fourth-order valence-electron chi connectivity index (χ4n) is 2.40. The number of nitrogens with one attached hydrogen (secondary N) is 1. The van der Waals surface area contributed by atoms with Gasteiger partial charge in [0.05, 0.1) is 11.7 Å². The van der Waals surface area contributed by atoms with E-state index in [9.17, 15) is 9.59 Å². The first-order valence-electron chi connectivity index (χ1n) is 7.80. The van der Waals surface area contributed by atoms with Gasteiger partial charge in [0, 0.05) is 28.4 Å². The van der Waals surface area contributed by atoms with E-state index in [1.165, 1.54) is 27.0 Å². The average Bonchev–Trinajstić information content (AvgIpc) is 3.22. The number of hydrogen-bond donors (Lipinski definition) is 1. The van der Waals surface area contributed by atoms with Crippen LogP contribution in [0.2, 0.25) is 0 Å². The molecule has 0 bridgehead atoms. The summed E-state index contributed by atoms with van der Waals surface area (Å²) in [6.07, 6.45) is 0.673. The molecule has 1 amide bonds. The third-order valence-corrected chi connectivity index (χ3v) is 5.52. The third-order valence-electron chi connectivity index (χ3n) is 3.55. The van der Waals surface area contributed by atoms with Crippen molar-refractivity contribution in [3.8, 4) is 0 Å². The highest BCUT2D eigenvalue weighted by Gasteiger charge is 2.19. The molecular weight excluding hydrogens is 356 g/mol. The van der Waals surface area contributed by atoms with E-state index in [2.05, 4.69) is 15.4 Å². The Morgan fingerprint density at radius 1 is 1.24 bits per heavy atom. The average molecular weight is 374 g/mol. The number of carbonyl (C=O) groups excluding carboxylic acids is 1. The molecule has 0 aromatic carbocycles. The van der Waals surface area contributed by atoms with Crippen LogP contribution >= 0.6 is 22.7 Å². The minimum Gasteiger partial charge on any atom is -0.345 e. The highest BCUT2D eigenvalue weighted by molar-refractivity contribution is 7.10. The molecule has 0 aliphatic heterocycles. The van der Waals surface area contributed by atoms with E-state index in [1.807, 2.05) is 29.8 Å². The summed E-state index contributed by atoms with van der Waals surface area (Å²) in [4.78, 5) is 30.0. The Morgan fingerprint density at radius 3 is 2.76 bits per heavy atom. The normalized spacial score (nSPS) is 12.1. The Hall–Kier alpha value is -2.32. The van der Waals surface area contributed by atoms with Gasteiger partial charge in [-0.05, 0) is 31.4 Å². The molecule has 3 heterocycles. The second-order valence-electron chi connectivity index (χ2n) is 5.70. The van der Waals surface area contributed by atoms with E-state index >= 15 is 0 Å². The maximum absolute atomic E-state index is 12.5. The molecule has 0 aliphatic rings. The van der Waals surface area contributed by atoms with Crippen LogP contribution in [0.3, 0.4) is 0 Å². The summed E-state index contributed by atoms with van der Waals surface area (Å²) in [5.41, 5.74) is 1.33. The molecule has 8 heteroatoms. The fraction of sp³-hybridized carbons (Fsp3) is 0.294. The summed E-state index contributed by atoms with van der Waals surface area (Å²) >= 11 is 3.17. The van der Waals surface area contributed by atoms with Gasteiger partial charge in [-0.1, -0.05) is 6.07 Å². The number of amides is 1. The van der Waals surface area contributed by atoms with E-state index in [0.29, 0.717) is 12.1 Å². The van der Waals surface area contributed by atoms with Crippen LogP contribution in [0, 0.1) is 13.8 Å². The third kappa shape index (κ3) is 4.61. The lowest BCUT2D eigenvalue weighted by Gasteiger charge is -2.16. The van der Waals surface area contributed by atoms with Crippen molar-refractivity contribution in [2.75, 3.05) is 0 Å². The van der Waals surface area contributed by atoms with Crippen LogP contribution in [0.25, 0.3) is 0 Å². The minimum atomic E-state index is -0.291. The van der Waals surface area contributed by atoms with E-state index in [1.54, 1.807) is 24.3 Å². The first-order valence-corrected chi connectivity index (χ1v) is 9.56. The van der Waals surface area contributed by atoms with E-state index in [-0.39, 0.29) is 24.1 Å². The molecule has 3 aromatic rings. The maximum Gasteiger partial charge on any atom is 0.267 e. The first-order chi connectivity index (χ1) is 12.0. The van der Waals surface area contributed by atoms with E-state index < -0.39 is 0 Å².